The van der Waals surface area contributed by atoms with E-state index in [1.54, 1.807) is 18.0 Å². The van der Waals surface area contributed by atoms with E-state index < -0.39 is 65.8 Å². The molecule has 0 unspecified atom stereocenters. The Hall–Kier alpha value is -6.98. The van der Waals surface area contributed by atoms with E-state index in [0.717, 1.165) is 38.8 Å². The van der Waals surface area contributed by atoms with Gasteiger partial charge in [-0.25, -0.2) is 4.98 Å². The third-order valence-corrected chi connectivity index (χ3v) is 14.5. The van der Waals surface area contributed by atoms with Gasteiger partial charge in [-0.2, -0.15) is 12.1 Å². The Bertz CT molecular complexity index is 4310. The van der Waals surface area contributed by atoms with Crippen molar-refractivity contribution in [1.29, 1.82) is 0 Å². The minimum atomic E-state index is -0.649. The molecule has 0 saturated carbocycles. The first-order valence-electron chi connectivity index (χ1n) is 28.3. The van der Waals surface area contributed by atoms with Crippen LogP contribution in [0.15, 0.2) is 170 Å². The fourth-order valence-electron chi connectivity index (χ4n) is 10.5. The van der Waals surface area contributed by atoms with Crippen molar-refractivity contribution in [2.24, 2.45) is 0 Å². The summed E-state index contributed by atoms with van der Waals surface area (Å²) < 4.78 is 102. The molecule has 0 atom stereocenters. The summed E-state index contributed by atoms with van der Waals surface area (Å²) in [5, 5.41) is 4.49. The van der Waals surface area contributed by atoms with Crippen LogP contribution >= 0.6 is 11.3 Å². The van der Waals surface area contributed by atoms with Crippen LogP contribution < -0.4 is 14.5 Å². The van der Waals surface area contributed by atoms with Crippen LogP contribution in [0.2, 0.25) is 0 Å². The van der Waals surface area contributed by atoms with Crippen molar-refractivity contribution in [3.8, 4) is 39.6 Å². The molecule has 0 aliphatic carbocycles. The first kappa shape index (κ1) is 36.0. The number of hydrogen-bond acceptors (Lipinski definition) is 5. The van der Waals surface area contributed by atoms with Gasteiger partial charge in [-0.1, -0.05) is 144 Å². The Morgan fingerprint density at radius 2 is 1.27 bits per heavy atom. The van der Waals surface area contributed by atoms with E-state index in [4.69, 9.17) is 17.9 Å². The first-order valence-corrected chi connectivity index (χ1v) is 24.1. The summed E-state index contributed by atoms with van der Waals surface area (Å²) in [5.41, 5.74) is 6.49. The van der Waals surface area contributed by atoms with Gasteiger partial charge in [0.15, 0.2) is 0 Å². The van der Waals surface area contributed by atoms with Crippen molar-refractivity contribution < 1.29 is 39.5 Å². The van der Waals surface area contributed by atoms with Gasteiger partial charge >= 0.3 is 0 Å². The molecule has 71 heavy (non-hydrogen) atoms. The number of anilines is 4. The van der Waals surface area contributed by atoms with Crippen LogP contribution in [0.25, 0.3) is 70.0 Å². The molecule has 7 heteroatoms. The molecule has 12 rings (SSSR count). The van der Waals surface area contributed by atoms with Crippen molar-refractivity contribution in [1.82, 2.24) is 9.55 Å². The molecule has 5 nitrogen and oxygen atoms in total. The summed E-state index contributed by atoms with van der Waals surface area (Å²) in [6.45, 7) is 18.0. The molecule has 11 aromatic rings. The fourth-order valence-corrected chi connectivity index (χ4v) is 11.7. The molecule has 0 amide bonds. The zero-order chi connectivity index (χ0) is 56.8. The van der Waals surface area contributed by atoms with Gasteiger partial charge in [0, 0.05) is 92.6 Å². The minimum absolute atomic E-state index is 0. The van der Waals surface area contributed by atoms with E-state index in [1.807, 2.05) is 99.1 Å². The fraction of sp³-hybridized carbons (Fsp3) is 0.156. The zero-order valence-corrected chi connectivity index (χ0v) is 43.5. The smallest absolute Gasteiger partial charge is 0.135 e. The van der Waals surface area contributed by atoms with Crippen molar-refractivity contribution in [2.45, 2.75) is 66.2 Å². The SMILES string of the molecule is [2H]c1c([2H])c([2H])c(-c2c(C)c(C(C)(C)C)c(C)c(-c3c([2H])c([2H])c([2H])c([2H])c3[2H])c2N2[CH-]N(c3[c-]c(Oc4[c-]c5c(cc4)c4c6sc7ccccc7c6ccc4n5-c4cc(C(C)(C)C)ccn4)ccc3)c3ccccc32)c([2H])c1[2H].[Pt]. The predicted octanol–water partition coefficient (Wildman–Crippen LogP) is 17.9. The number of fused-ring (bicyclic) bond motifs is 8. The number of aromatic nitrogens is 2. The molecule has 0 bridgehead atoms. The second-order valence-corrected chi connectivity index (χ2v) is 20.9. The number of hydrogen-bond donors (Lipinski definition) is 0. The van der Waals surface area contributed by atoms with Crippen LogP contribution in [0, 0.1) is 32.6 Å². The van der Waals surface area contributed by atoms with E-state index in [9.17, 15) is 5.48 Å². The number of para-hydroxylation sites is 2. The van der Waals surface area contributed by atoms with Crippen molar-refractivity contribution in [3.63, 3.8) is 0 Å². The Labute approximate surface area is 449 Å². The van der Waals surface area contributed by atoms with Crippen molar-refractivity contribution in [2.75, 3.05) is 9.80 Å². The molecule has 0 spiro atoms. The molecule has 1 aliphatic rings. The third-order valence-electron chi connectivity index (χ3n) is 13.3. The van der Waals surface area contributed by atoms with Gasteiger partial charge in [0.2, 0.25) is 0 Å². The maximum absolute atomic E-state index is 9.42. The number of thiophene rings is 1. The van der Waals surface area contributed by atoms with Gasteiger partial charge < -0.3 is 19.1 Å². The van der Waals surface area contributed by atoms with Gasteiger partial charge in [0.1, 0.15) is 5.82 Å². The van der Waals surface area contributed by atoms with E-state index in [2.05, 4.69) is 92.1 Å². The summed E-state index contributed by atoms with van der Waals surface area (Å²) in [4.78, 5) is 8.67. The maximum Gasteiger partial charge on any atom is 0.135 e. The molecular formula is C64H53N4OPtS-3. The summed E-state index contributed by atoms with van der Waals surface area (Å²) in [5.74, 6) is 1.58. The standard InChI is InChI=1S/C64H53N4OS.Pt/c1-40-57(42-20-11-9-12-21-42)61(58(43-22-13-10-14-23-43)41(2)60(40)64(6,7)8)67-39-66(51-27-16-17-28-52(51)67)45-24-19-25-46(37-45)69-47-30-31-50-54(38-47)68(56-36-44(34-35-65-56)63(3,4)5)53-33-32-49-48-26-15-18-29-55(48)70-62(49)59(50)53;/h9-36,39H,1-8H3;/q-3;/i9D,10D,11D,12D,13D,14D,20D,21D,22D,23D;. The van der Waals surface area contributed by atoms with Crippen molar-refractivity contribution >= 4 is 76.1 Å². The normalized spacial score (nSPS) is 14.8. The Kier molecular flexibility index (Phi) is 8.98. The van der Waals surface area contributed by atoms with E-state index >= 15 is 0 Å². The molecule has 0 radical (unpaired) electrons. The Morgan fingerprint density at radius 3 is 1.94 bits per heavy atom. The second-order valence-electron chi connectivity index (χ2n) is 19.8. The van der Waals surface area contributed by atoms with E-state index in [-0.39, 0.29) is 54.4 Å². The molecule has 1 aliphatic heterocycles. The molecule has 0 fully saturated rings. The Morgan fingerprint density at radius 1 is 0.634 bits per heavy atom. The van der Waals surface area contributed by atoms with Gasteiger partial charge in [-0.15, -0.1) is 59.4 Å². The summed E-state index contributed by atoms with van der Waals surface area (Å²) >= 11 is 1.77. The van der Waals surface area contributed by atoms with Crippen LogP contribution in [0.3, 0.4) is 0 Å². The molecule has 0 N–H and O–H groups in total. The van der Waals surface area contributed by atoms with Gasteiger partial charge in [-0.05, 0) is 99.8 Å². The second kappa shape index (κ2) is 17.7. The molecule has 3 aromatic heterocycles. The molecule has 8 aromatic carbocycles. The predicted molar refractivity (Wildman–Crippen MR) is 295 cm³/mol. The number of rotatable bonds is 7. The maximum atomic E-state index is 9.42. The van der Waals surface area contributed by atoms with Gasteiger partial charge in [0.25, 0.3) is 0 Å². The van der Waals surface area contributed by atoms with E-state index in [0.29, 0.717) is 39.7 Å². The van der Waals surface area contributed by atoms with Crippen LogP contribution in [0.4, 0.5) is 22.7 Å². The summed E-state index contributed by atoms with van der Waals surface area (Å²) in [7, 11) is 0. The summed E-state index contributed by atoms with van der Waals surface area (Å²) in [6.07, 6.45) is 1.86. The monoisotopic (exact) mass is 1130 g/mol. The molecule has 4 heterocycles. The average Bonchev–Trinajstić information content (AvgIpc) is 4.14. The third kappa shape index (κ3) is 7.84. The van der Waals surface area contributed by atoms with E-state index in [1.165, 1.54) is 20.2 Å². The van der Waals surface area contributed by atoms with Crippen LogP contribution in [0.5, 0.6) is 11.5 Å². The van der Waals surface area contributed by atoms with Crippen LogP contribution in [0.1, 0.15) is 77.5 Å². The quantitative estimate of drug-likeness (QED) is 0.149. The number of pyridine rings is 1. The molecular weight excluding hydrogens is 1070 g/mol. The number of ether oxygens (including phenoxy) is 1. The molecule has 354 valence electrons. The Balaban J connectivity index is 0.00000690. The first-order chi connectivity index (χ1) is 38.0. The van der Waals surface area contributed by atoms with Crippen LogP contribution in [-0.4, -0.2) is 9.55 Å². The van der Waals surface area contributed by atoms with Gasteiger partial charge in [0.05, 0.1) is 13.7 Å². The summed E-state index contributed by atoms with van der Waals surface area (Å²) in [6, 6.07) is 36.2. The minimum Gasteiger partial charge on any atom is -0.509 e. The molecule has 0 saturated heterocycles. The van der Waals surface area contributed by atoms with Crippen LogP contribution in [-0.2, 0) is 31.9 Å². The number of benzene rings is 8. The van der Waals surface area contributed by atoms with Gasteiger partial charge in [-0.3, -0.25) is 0 Å². The largest absolute Gasteiger partial charge is 0.509 e. The zero-order valence-electron chi connectivity index (χ0n) is 50.4. The topological polar surface area (TPSA) is 33.5 Å². The average molecular weight is 1130 g/mol. The number of nitrogens with zero attached hydrogens (tertiary/aromatic N) is 4. The van der Waals surface area contributed by atoms with Crippen molar-refractivity contribution in [3.05, 3.63) is 211 Å².